The highest BCUT2D eigenvalue weighted by Crippen LogP contribution is 2.44. The number of non-ortho nitro benzene ring substituents is 1. The maximum absolute atomic E-state index is 12.0. The summed E-state index contributed by atoms with van der Waals surface area (Å²) < 4.78 is 0. The molecule has 1 aliphatic heterocycles. The Morgan fingerprint density at radius 1 is 1.47 bits per heavy atom. The van der Waals surface area contributed by atoms with Crippen molar-refractivity contribution in [1.29, 1.82) is 0 Å². The Hall–Kier alpha value is -2.01. The SMILES string of the molecule is O=[N+]([O-])c1cccc2c([O-])cc3c(c12)C(CCl)CN3. The normalized spacial score (nSPS) is 17.2. The van der Waals surface area contributed by atoms with Crippen LogP contribution in [0.1, 0.15) is 11.5 Å². The van der Waals surface area contributed by atoms with Crippen LogP contribution < -0.4 is 10.4 Å². The van der Waals surface area contributed by atoms with Crippen LogP contribution in [0.25, 0.3) is 10.8 Å². The van der Waals surface area contributed by atoms with Crippen LogP contribution in [0, 0.1) is 10.1 Å². The summed E-state index contributed by atoms with van der Waals surface area (Å²) in [6.45, 7) is 0.601. The summed E-state index contributed by atoms with van der Waals surface area (Å²) in [5.74, 6) is 0.139. The molecule has 2 aromatic rings. The Morgan fingerprint density at radius 3 is 2.95 bits per heavy atom. The topological polar surface area (TPSA) is 78.2 Å². The molecule has 1 N–H and O–H groups in total. The molecule has 1 atom stereocenters. The first-order valence-electron chi connectivity index (χ1n) is 5.84. The molecule has 0 aromatic heterocycles. The molecule has 0 saturated heterocycles. The summed E-state index contributed by atoms with van der Waals surface area (Å²) in [5.41, 5.74) is 1.42. The molecule has 6 heteroatoms. The Morgan fingerprint density at radius 2 is 2.26 bits per heavy atom. The summed E-state index contributed by atoms with van der Waals surface area (Å²) in [5, 5.41) is 27.1. The fourth-order valence-electron chi connectivity index (χ4n) is 2.64. The van der Waals surface area contributed by atoms with Crippen LogP contribution in [-0.2, 0) is 0 Å². The molecular weight excluding hydrogens is 268 g/mol. The number of nitro groups is 1. The van der Waals surface area contributed by atoms with E-state index in [1.165, 1.54) is 18.2 Å². The lowest BCUT2D eigenvalue weighted by Crippen LogP contribution is -2.04. The van der Waals surface area contributed by atoms with Gasteiger partial charge in [-0.1, -0.05) is 17.9 Å². The maximum atomic E-state index is 12.0. The van der Waals surface area contributed by atoms with E-state index in [0.717, 1.165) is 5.56 Å². The van der Waals surface area contributed by atoms with Crippen molar-refractivity contribution in [2.45, 2.75) is 5.92 Å². The zero-order chi connectivity index (χ0) is 13.6. The minimum atomic E-state index is -0.453. The van der Waals surface area contributed by atoms with Crippen molar-refractivity contribution in [3.8, 4) is 5.75 Å². The van der Waals surface area contributed by atoms with Crippen LogP contribution in [0.5, 0.6) is 5.75 Å². The van der Waals surface area contributed by atoms with Crippen LogP contribution >= 0.6 is 11.6 Å². The highest BCUT2D eigenvalue weighted by molar-refractivity contribution is 6.19. The molecule has 0 aliphatic carbocycles. The summed E-state index contributed by atoms with van der Waals surface area (Å²) in [6, 6.07) is 6.07. The van der Waals surface area contributed by atoms with E-state index in [-0.39, 0.29) is 17.4 Å². The lowest BCUT2D eigenvalue weighted by Gasteiger charge is -2.16. The highest BCUT2D eigenvalue weighted by Gasteiger charge is 2.28. The highest BCUT2D eigenvalue weighted by atomic mass is 35.5. The van der Waals surface area contributed by atoms with Gasteiger partial charge in [0.1, 0.15) is 0 Å². The fourth-order valence-corrected chi connectivity index (χ4v) is 2.90. The summed E-state index contributed by atoms with van der Waals surface area (Å²) in [7, 11) is 0. The largest absolute Gasteiger partial charge is 0.872 e. The number of nitrogens with zero attached hydrogens (tertiary/aromatic N) is 1. The Bertz CT molecular complexity index is 687. The van der Waals surface area contributed by atoms with Crippen molar-refractivity contribution in [2.24, 2.45) is 0 Å². The van der Waals surface area contributed by atoms with Gasteiger partial charge in [-0.3, -0.25) is 10.1 Å². The van der Waals surface area contributed by atoms with Crippen LogP contribution in [-0.4, -0.2) is 17.3 Å². The number of nitro benzene ring substituents is 1. The molecule has 0 saturated carbocycles. The van der Waals surface area contributed by atoms with Crippen molar-refractivity contribution in [2.75, 3.05) is 17.7 Å². The molecular formula is C13H10ClN2O3-. The van der Waals surface area contributed by atoms with Crippen LogP contribution in [0.2, 0.25) is 0 Å². The predicted molar refractivity (Wildman–Crippen MR) is 72.0 cm³/mol. The van der Waals surface area contributed by atoms with E-state index in [0.29, 0.717) is 28.9 Å². The number of hydrogen-bond acceptors (Lipinski definition) is 4. The molecule has 1 heterocycles. The maximum Gasteiger partial charge on any atom is 0.277 e. The van der Waals surface area contributed by atoms with Gasteiger partial charge in [0.05, 0.1) is 10.3 Å². The molecule has 3 rings (SSSR count). The number of anilines is 1. The van der Waals surface area contributed by atoms with E-state index < -0.39 is 4.92 Å². The van der Waals surface area contributed by atoms with Gasteiger partial charge in [-0.25, -0.2) is 0 Å². The number of nitrogens with one attached hydrogen (secondary N) is 1. The van der Waals surface area contributed by atoms with Crippen molar-refractivity contribution in [3.05, 3.63) is 39.9 Å². The number of benzene rings is 2. The van der Waals surface area contributed by atoms with Crippen molar-refractivity contribution in [3.63, 3.8) is 0 Å². The third-order valence-electron chi connectivity index (χ3n) is 3.47. The number of fused-ring (bicyclic) bond motifs is 3. The number of rotatable bonds is 2. The minimum Gasteiger partial charge on any atom is -0.872 e. The molecule has 19 heavy (non-hydrogen) atoms. The summed E-state index contributed by atoms with van der Waals surface area (Å²) in [6.07, 6.45) is 0. The van der Waals surface area contributed by atoms with Crippen LogP contribution in [0.3, 0.4) is 0 Å². The molecule has 0 fully saturated rings. The quantitative estimate of drug-likeness (QED) is 0.520. The smallest absolute Gasteiger partial charge is 0.277 e. The average Bonchev–Trinajstić information content (AvgIpc) is 2.81. The Labute approximate surface area is 114 Å². The van der Waals surface area contributed by atoms with E-state index in [9.17, 15) is 15.2 Å². The molecule has 0 amide bonds. The molecule has 5 nitrogen and oxygen atoms in total. The van der Waals surface area contributed by atoms with Gasteiger partial charge in [0.2, 0.25) is 0 Å². The molecule has 0 spiro atoms. The molecule has 2 aromatic carbocycles. The second-order valence-corrected chi connectivity index (χ2v) is 4.83. The lowest BCUT2D eigenvalue weighted by molar-refractivity contribution is -0.383. The predicted octanol–water partition coefficient (Wildman–Crippen LogP) is 2.57. The van der Waals surface area contributed by atoms with E-state index in [2.05, 4.69) is 5.32 Å². The first kappa shape index (κ1) is 12.0. The zero-order valence-corrected chi connectivity index (χ0v) is 10.6. The van der Waals surface area contributed by atoms with Gasteiger partial charge in [0.15, 0.2) is 0 Å². The molecule has 0 radical (unpaired) electrons. The van der Waals surface area contributed by atoms with E-state index in [1.807, 2.05) is 0 Å². The van der Waals surface area contributed by atoms with Gasteiger partial charge in [0.25, 0.3) is 5.69 Å². The van der Waals surface area contributed by atoms with E-state index in [4.69, 9.17) is 11.6 Å². The summed E-state index contributed by atoms with van der Waals surface area (Å²) >= 11 is 5.92. The number of hydrogen-bond donors (Lipinski definition) is 1. The summed E-state index contributed by atoms with van der Waals surface area (Å²) in [4.78, 5) is 10.7. The van der Waals surface area contributed by atoms with Gasteiger partial charge >= 0.3 is 0 Å². The van der Waals surface area contributed by atoms with E-state index >= 15 is 0 Å². The van der Waals surface area contributed by atoms with Gasteiger partial charge in [-0.05, 0) is 17.0 Å². The van der Waals surface area contributed by atoms with Gasteiger partial charge in [0, 0.05) is 30.1 Å². The Kier molecular flexibility index (Phi) is 2.71. The zero-order valence-electron chi connectivity index (χ0n) is 9.85. The van der Waals surface area contributed by atoms with Crippen molar-refractivity contribution < 1.29 is 10.0 Å². The standard InChI is InChI=1S/C13H11ClN2O3/c14-5-7-6-15-9-4-11(17)8-2-1-3-10(16(18)19)13(8)12(7)9/h1-4,7,15,17H,5-6H2/p-1. The second-order valence-electron chi connectivity index (χ2n) is 4.52. The molecule has 1 unspecified atom stereocenters. The Balaban J connectivity index is 2.45. The first-order chi connectivity index (χ1) is 9.13. The van der Waals surface area contributed by atoms with Gasteiger partial charge in [-0.15, -0.1) is 11.6 Å². The molecule has 0 bridgehead atoms. The molecule has 1 aliphatic rings. The third-order valence-corrected chi connectivity index (χ3v) is 3.85. The minimum absolute atomic E-state index is 0.0131. The van der Waals surface area contributed by atoms with Gasteiger partial charge in [-0.2, -0.15) is 0 Å². The monoisotopic (exact) mass is 277 g/mol. The van der Waals surface area contributed by atoms with Crippen molar-refractivity contribution >= 4 is 33.7 Å². The van der Waals surface area contributed by atoms with Crippen molar-refractivity contribution in [1.82, 2.24) is 0 Å². The van der Waals surface area contributed by atoms with Gasteiger partial charge < -0.3 is 10.4 Å². The fraction of sp³-hybridized carbons (Fsp3) is 0.231. The molecule has 98 valence electrons. The third kappa shape index (κ3) is 1.69. The van der Waals surface area contributed by atoms with Crippen LogP contribution in [0.4, 0.5) is 11.4 Å². The van der Waals surface area contributed by atoms with E-state index in [1.54, 1.807) is 6.07 Å². The second kappa shape index (κ2) is 4.28. The first-order valence-corrected chi connectivity index (χ1v) is 6.37. The van der Waals surface area contributed by atoms with Crippen LogP contribution in [0.15, 0.2) is 24.3 Å². The number of halogens is 1. The average molecular weight is 278 g/mol. The lowest BCUT2D eigenvalue weighted by atomic mass is 9.94. The number of alkyl halides is 1.